The molecule has 1 aromatic heterocycles. The molecule has 1 unspecified atom stereocenters. The van der Waals surface area contributed by atoms with Gasteiger partial charge < -0.3 is 5.11 Å². The van der Waals surface area contributed by atoms with E-state index >= 15 is 0 Å². The number of hydrogen-bond acceptors (Lipinski definition) is 2. The quantitative estimate of drug-likeness (QED) is 0.263. The molecule has 1 N–H and O–H groups in total. The Labute approximate surface area is 226 Å². The van der Waals surface area contributed by atoms with E-state index in [0.29, 0.717) is 0 Å². The first-order valence-corrected chi connectivity index (χ1v) is 13.2. The van der Waals surface area contributed by atoms with Crippen LogP contribution in [0, 0.1) is 0 Å². The van der Waals surface area contributed by atoms with Gasteiger partial charge in [-0.2, -0.15) is 0 Å². The van der Waals surface area contributed by atoms with Crippen LogP contribution in [0.4, 0.5) is 0 Å². The van der Waals surface area contributed by atoms with Gasteiger partial charge in [-0.15, -0.1) is 0 Å². The number of aliphatic hydroxyl groups is 1. The van der Waals surface area contributed by atoms with Crippen LogP contribution < -0.4 is 0 Å². The second kappa shape index (κ2) is 8.52. The lowest BCUT2D eigenvalue weighted by molar-refractivity contribution is 0.152. The second-order valence-electron chi connectivity index (χ2n) is 10.1. The van der Waals surface area contributed by atoms with E-state index in [1.54, 1.807) is 0 Å². The highest BCUT2D eigenvalue weighted by Crippen LogP contribution is 2.47. The highest BCUT2D eigenvalue weighted by atomic mass is 16.3. The first-order chi connectivity index (χ1) is 19.3. The van der Waals surface area contributed by atoms with Crippen LogP contribution in [0.5, 0.6) is 0 Å². The van der Waals surface area contributed by atoms with Crippen LogP contribution in [0.25, 0.3) is 66.6 Å². The molecular weight excluding hydrogens is 476 g/mol. The van der Waals surface area contributed by atoms with E-state index < -0.39 is 6.23 Å². The van der Waals surface area contributed by atoms with E-state index in [2.05, 4.69) is 103 Å². The minimum absolute atomic E-state index is 0.798. The highest BCUT2D eigenvalue weighted by Gasteiger charge is 2.30. The average Bonchev–Trinajstić information content (AvgIpc) is 3.40. The van der Waals surface area contributed by atoms with Gasteiger partial charge in [0.15, 0.2) is 6.23 Å². The van der Waals surface area contributed by atoms with E-state index in [9.17, 15) is 5.11 Å². The molecule has 0 amide bonds. The number of aliphatic hydroxyl groups excluding tert-OH is 1. The molecule has 0 saturated carbocycles. The Morgan fingerprint density at radius 3 is 1.85 bits per heavy atom. The van der Waals surface area contributed by atoms with Gasteiger partial charge in [-0.05, 0) is 69.1 Å². The maximum Gasteiger partial charge on any atom is 0.159 e. The lowest BCUT2D eigenvalue weighted by Gasteiger charge is -2.27. The predicted octanol–water partition coefficient (Wildman–Crippen LogP) is 8.71. The van der Waals surface area contributed by atoms with Gasteiger partial charge in [0.1, 0.15) is 5.82 Å². The molecule has 0 bridgehead atoms. The summed E-state index contributed by atoms with van der Waals surface area (Å²) in [5.74, 6) is 0.798. The maximum absolute atomic E-state index is 12.0. The monoisotopic (exact) mass is 500 g/mol. The highest BCUT2D eigenvalue weighted by molar-refractivity contribution is 6.09. The molecule has 1 aliphatic rings. The van der Waals surface area contributed by atoms with Gasteiger partial charge in [0, 0.05) is 16.5 Å². The third-order valence-electron chi connectivity index (χ3n) is 7.90. The molecule has 0 aliphatic carbocycles. The van der Waals surface area contributed by atoms with E-state index in [4.69, 9.17) is 4.98 Å². The van der Waals surface area contributed by atoms with Crippen molar-refractivity contribution in [1.82, 2.24) is 9.55 Å². The number of aromatic nitrogens is 2. The summed E-state index contributed by atoms with van der Waals surface area (Å²) in [5, 5.41) is 14.1. The topological polar surface area (TPSA) is 38.1 Å². The zero-order valence-electron chi connectivity index (χ0n) is 21.1. The summed E-state index contributed by atoms with van der Waals surface area (Å²) in [4.78, 5) is 5.10. The molecule has 39 heavy (non-hydrogen) atoms. The van der Waals surface area contributed by atoms with Gasteiger partial charge in [0.25, 0.3) is 0 Å². The van der Waals surface area contributed by atoms with Crippen LogP contribution in [0.3, 0.4) is 0 Å². The SMILES string of the molecule is OC1c2cc(-c3ccccc3)cc3c(-c4ccccc4)ccc(c23)-c2nc3cc(-c4ccccc4)ccc3n21. The van der Waals surface area contributed by atoms with E-state index in [1.807, 2.05) is 34.9 Å². The van der Waals surface area contributed by atoms with Crippen LogP contribution in [-0.2, 0) is 0 Å². The molecule has 1 aliphatic heterocycles. The Morgan fingerprint density at radius 1 is 0.538 bits per heavy atom. The van der Waals surface area contributed by atoms with Crippen molar-refractivity contribution in [2.45, 2.75) is 6.23 Å². The van der Waals surface area contributed by atoms with Gasteiger partial charge in [-0.25, -0.2) is 4.98 Å². The molecule has 7 aromatic rings. The fourth-order valence-electron chi connectivity index (χ4n) is 6.06. The number of nitrogens with zero attached hydrogens (tertiary/aromatic N) is 2. The summed E-state index contributed by atoms with van der Waals surface area (Å²) in [6, 6.07) is 46.3. The molecule has 0 fully saturated rings. The Bertz CT molecular complexity index is 2010. The van der Waals surface area contributed by atoms with Gasteiger partial charge in [0.2, 0.25) is 0 Å². The van der Waals surface area contributed by atoms with Crippen LogP contribution in [0.1, 0.15) is 11.8 Å². The standard InChI is InChI=1S/C36H24N2O/c39-36-31-21-27(24-12-6-2-7-13-24)20-30-28(25-14-8-3-9-15-25)17-18-29(34(30)31)35-37-32-22-26(16-19-33(32)38(35)36)23-10-4-1-5-11-23/h1-22,36,39H. The Hall–Kier alpha value is -4.99. The zero-order valence-corrected chi connectivity index (χ0v) is 21.1. The second-order valence-corrected chi connectivity index (χ2v) is 10.1. The van der Waals surface area contributed by atoms with E-state index in [0.717, 1.165) is 72.1 Å². The molecule has 2 heterocycles. The van der Waals surface area contributed by atoms with Crippen LogP contribution in [-0.4, -0.2) is 14.7 Å². The number of fused-ring (bicyclic) bond motifs is 4. The first kappa shape index (κ1) is 22.0. The summed E-state index contributed by atoms with van der Waals surface area (Å²) in [7, 11) is 0. The molecular formula is C36H24N2O. The maximum atomic E-state index is 12.0. The van der Waals surface area contributed by atoms with Gasteiger partial charge in [-0.1, -0.05) is 103 Å². The predicted molar refractivity (Wildman–Crippen MR) is 159 cm³/mol. The Balaban J connectivity index is 1.42. The van der Waals surface area contributed by atoms with Crippen molar-refractivity contribution in [3.63, 3.8) is 0 Å². The minimum Gasteiger partial charge on any atom is -0.369 e. The smallest absolute Gasteiger partial charge is 0.159 e. The van der Waals surface area contributed by atoms with Crippen molar-refractivity contribution in [2.24, 2.45) is 0 Å². The number of imidazole rings is 1. The molecule has 184 valence electrons. The Kier molecular flexibility index (Phi) is 4.81. The van der Waals surface area contributed by atoms with Crippen LogP contribution >= 0.6 is 0 Å². The molecule has 0 saturated heterocycles. The van der Waals surface area contributed by atoms with Crippen molar-refractivity contribution >= 4 is 21.8 Å². The molecule has 0 spiro atoms. The van der Waals surface area contributed by atoms with E-state index in [1.165, 1.54) is 0 Å². The number of rotatable bonds is 3. The van der Waals surface area contributed by atoms with Crippen molar-refractivity contribution in [2.75, 3.05) is 0 Å². The summed E-state index contributed by atoms with van der Waals surface area (Å²) in [6.45, 7) is 0. The van der Waals surface area contributed by atoms with Crippen molar-refractivity contribution < 1.29 is 5.11 Å². The Morgan fingerprint density at radius 2 is 1.15 bits per heavy atom. The molecule has 8 rings (SSSR count). The van der Waals surface area contributed by atoms with Crippen molar-refractivity contribution in [1.29, 1.82) is 0 Å². The minimum atomic E-state index is -0.850. The van der Waals surface area contributed by atoms with Crippen LogP contribution in [0.2, 0.25) is 0 Å². The fourth-order valence-corrected chi connectivity index (χ4v) is 6.06. The van der Waals surface area contributed by atoms with E-state index in [-0.39, 0.29) is 0 Å². The summed E-state index contributed by atoms with van der Waals surface area (Å²) < 4.78 is 1.98. The molecule has 1 atom stereocenters. The average molecular weight is 501 g/mol. The third-order valence-corrected chi connectivity index (χ3v) is 7.90. The van der Waals surface area contributed by atoms with Crippen molar-refractivity contribution in [3.05, 3.63) is 139 Å². The third kappa shape index (κ3) is 3.37. The van der Waals surface area contributed by atoms with Crippen LogP contribution in [0.15, 0.2) is 133 Å². The lowest BCUT2D eigenvalue weighted by atomic mass is 9.87. The number of benzene rings is 6. The molecule has 3 nitrogen and oxygen atoms in total. The van der Waals surface area contributed by atoms with Gasteiger partial charge >= 0.3 is 0 Å². The first-order valence-electron chi connectivity index (χ1n) is 13.2. The summed E-state index contributed by atoms with van der Waals surface area (Å²) >= 11 is 0. The largest absolute Gasteiger partial charge is 0.369 e. The molecule has 0 radical (unpaired) electrons. The van der Waals surface area contributed by atoms with Gasteiger partial charge in [0.05, 0.1) is 11.0 Å². The number of hydrogen-bond donors (Lipinski definition) is 1. The fraction of sp³-hybridized carbons (Fsp3) is 0.0278. The normalized spacial score (nSPS) is 14.0. The zero-order chi connectivity index (χ0) is 25.9. The van der Waals surface area contributed by atoms with Crippen molar-refractivity contribution in [3.8, 4) is 44.8 Å². The van der Waals surface area contributed by atoms with Gasteiger partial charge in [-0.3, -0.25) is 4.57 Å². The summed E-state index contributed by atoms with van der Waals surface area (Å²) in [5.41, 5.74) is 10.5. The molecule has 3 heteroatoms. The summed E-state index contributed by atoms with van der Waals surface area (Å²) in [6.07, 6.45) is -0.850. The molecule has 6 aromatic carbocycles. The lowest BCUT2D eigenvalue weighted by Crippen LogP contribution is -2.16.